The van der Waals surface area contributed by atoms with Crippen LogP contribution in [0.15, 0.2) is 23.8 Å². The van der Waals surface area contributed by atoms with Gasteiger partial charge < -0.3 is 10.2 Å². The molecule has 0 aromatic heterocycles. The van der Waals surface area contributed by atoms with Gasteiger partial charge in [0.15, 0.2) is 5.78 Å². The maximum atomic E-state index is 11.7. The fourth-order valence-electron chi connectivity index (χ4n) is 6.14. The summed E-state index contributed by atoms with van der Waals surface area (Å²) < 4.78 is 0. The summed E-state index contributed by atoms with van der Waals surface area (Å²) in [7, 11) is 0. The predicted octanol–water partition coefficient (Wildman–Crippen LogP) is 2.63. The Morgan fingerprint density at radius 1 is 1.14 bits per heavy atom. The van der Waals surface area contributed by atoms with Gasteiger partial charge in [0, 0.05) is 5.41 Å². The smallest absolute Gasteiger partial charge is 0.178 e. The largest absolute Gasteiger partial charge is 0.393 e. The van der Waals surface area contributed by atoms with Gasteiger partial charge in [0.2, 0.25) is 0 Å². The number of fused-ring (bicyclic) bond motifs is 5. The van der Waals surface area contributed by atoms with Gasteiger partial charge in [-0.3, -0.25) is 4.79 Å². The maximum absolute atomic E-state index is 11.7. The van der Waals surface area contributed by atoms with Crippen LogP contribution in [-0.4, -0.2) is 28.2 Å². The number of carbonyl (C=O) groups excluding carboxylic acids is 1. The van der Waals surface area contributed by atoms with Crippen LogP contribution in [0.3, 0.4) is 0 Å². The minimum Gasteiger partial charge on any atom is -0.393 e. The van der Waals surface area contributed by atoms with Crippen molar-refractivity contribution in [1.82, 2.24) is 0 Å². The Kier molecular flexibility index (Phi) is 3.03. The molecule has 4 aliphatic rings. The predicted molar refractivity (Wildman–Crippen MR) is 84.0 cm³/mol. The summed E-state index contributed by atoms with van der Waals surface area (Å²) in [6, 6.07) is 0. The van der Waals surface area contributed by atoms with Gasteiger partial charge in [-0.1, -0.05) is 25.5 Å². The molecule has 0 heterocycles. The van der Waals surface area contributed by atoms with Crippen molar-refractivity contribution in [3.05, 3.63) is 23.8 Å². The van der Waals surface area contributed by atoms with Crippen LogP contribution in [0.1, 0.15) is 46.0 Å². The highest BCUT2D eigenvalue weighted by Gasteiger charge is 2.60. The summed E-state index contributed by atoms with van der Waals surface area (Å²) >= 11 is 0. The molecular weight excluding hydrogens is 276 g/mol. The number of carbonyl (C=O) groups is 1. The number of hydrogen-bond donors (Lipinski definition) is 2. The maximum Gasteiger partial charge on any atom is 0.178 e. The molecule has 3 nitrogen and oxygen atoms in total. The minimum atomic E-state index is -0.376. The first kappa shape index (κ1) is 14.6. The van der Waals surface area contributed by atoms with Gasteiger partial charge in [-0.15, -0.1) is 0 Å². The number of aliphatic hydroxyl groups excluding tert-OH is 2. The van der Waals surface area contributed by atoms with Crippen molar-refractivity contribution in [3.63, 3.8) is 0 Å². The van der Waals surface area contributed by atoms with Gasteiger partial charge in [-0.05, 0) is 67.4 Å². The van der Waals surface area contributed by atoms with Crippen LogP contribution in [0, 0.1) is 28.6 Å². The topological polar surface area (TPSA) is 57.5 Å². The second-order valence-electron chi connectivity index (χ2n) is 8.39. The van der Waals surface area contributed by atoms with Gasteiger partial charge in [0.25, 0.3) is 0 Å². The Labute approximate surface area is 132 Å². The third kappa shape index (κ3) is 1.73. The van der Waals surface area contributed by atoms with Crippen LogP contribution < -0.4 is 0 Å². The Bertz CT molecular complexity index is 577. The number of allylic oxidation sites excluding steroid dienone is 3. The van der Waals surface area contributed by atoms with E-state index >= 15 is 0 Å². The van der Waals surface area contributed by atoms with E-state index in [0.717, 1.165) is 31.3 Å². The molecule has 3 fully saturated rings. The second-order valence-corrected chi connectivity index (χ2v) is 8.39. The average Bonchev–Trinajstić information content (AvgIpc) is 2.77. The molecule has 2 unspecified atom stereocenters. The van der Waals surface area contributed by atoms with E-state index in [9.17, 15) is 15.0 Å². The first-order valence-corrected chi connectivity index (χ1v) is 8.66. The van der Waals surface area contributed by atoms with E-state index in [-0.39, 0.29) is 34.7 Å². The number of aliphatic hydroxyl groups is 2. The Balaban J connectivity index is 1.75. The fraction of sp³-hybridized carbons (Fsp3) is 0.737. The highest BCUT2D eigenvalue weighted by Crippen LogP contribution is 2.64. The third-order valence-corrected chi connectivity index (χ3v) is 7.53. The Morgan fingerprint density at radius 2 is 1.91 bits per heavy atom. The lowest BCUT2D eigenvalue weighted by molar-refractivity contribution is -0.114. The summed E-state index contributed by atoms with van der Waals surface area (Å²) in [5.41, 5.74) is 0.983. The molecule has 0 aliphatic heterocycles. The van der Waals surface area contributed by atoms with Crippen molar-refractivity contribution in [3.8, 4) is 0 Å². The molecule has 0 aromatic carbocycles. The van der Waals surface area contributed by atoms with Crippen molar-refractivity contribution in [2.75, 3.05) is 0 Å². The molecule has 0 radical (unpaired) electrons. The fourth-order valence-corrected chi connectivity index (χ4v) is 6.14. The molecule has 22 heavy (non-hydrogen) atoms. The lowest BCUT2D eigenvalue weighted by Gasteiger charge is -2.58. The molecule has 0 amide bonds. The van der Waals surface area contributed by atoms with Crippen molar-refractivity contribution in [2.24, 2.45) is 28.6 Å². The van der Waals surface area contributed by atoms with Crippen LogP contribution in [0.2, 0.25) is 0 Å². The molecule has 3 saturated carbocycles. The van der Waals surface area contributed by atoms with Crippen molar-refractivity contribution < 1.29 is 15.0 Å². The van der Waals surface area contributed by atoms with E-state index in [1.807, 2.05) is 0 Å². The summed E-state index contributed by atoms with van der Waals surface area (Å²) in [5.74, 6) is 1.09. The number of rotatable bonds is 0. The highest BCUT2D eigenvalue weighted by atomic mass is 16.3. The van der Waals surface area contributed by atoms with Crippen LogP contribution >= 0.6 is 0 Å². The van der Waals surface area contributed by atoms with E-state index in [1.54, 1.807) is 12.2 Å². The zero-order chi connectivity index (χ0) is 15.7. The standard InChI is InChI=1S/C19H26O3/c1-18-7-5-12(20)9-11(18)10-15(21)17-13-3-4-16(22)19(13,2)8-6-14(17)18/h5,7,9,13-17,21-22H,3-4,6,8,10H2,1-2H3/t13-,14-,15?,16?,17-,18-,19-/m0/s1. The zero-order valence-corrected chi connectivity index (χ0v) is 13.5. The Morgan fingerprint density at radius 3 is 2.68 bits per heavy atom. The molecule has 7 atom stereocenters. The van der Waals surface area contributed by atoms with Gasteiger partial charge in [-0.2, -0.15) is 0 Å². The molecular formula is C19H26O3. The van der Waals surface area contributed by atoms with Crippen LogP contribution in [0.5, 0.6) is 0 Å². The van der Waals surface area contributed by atoms with Crippen molar-refractivity contribution >= 4 is 5.78 Å². The van der Waals surface area contributed by atoms with E-state index in [2.05, 4.69) is 19.9 Å². The minimum absolute atomic E-state index is 0.0338. The third-order valence-electron chi connectivity index (χ3n) is 7.53. The summed E-state index contributed by atoms with van der Waals surface area (Å²) in [6.07, 6.45) is 9.48. The quantitative estimate of drug-likeness (QED) is 0.723. The summed E-state index contributed by atoms with van der Waals surface area (Å²) in [4.78, 5) is 11.7. The zero-order valence-electron chi connectivity index (χ0n) is 13.5. The van der Waals surface area contributed by atoms with Crippen molar-refractivity contribution in [1.29, 1.82) is 0 Å². The normalized spacial score (nSPS) is 53.5. The highest BCUT2D eigenvalue weighted by molar-refractivity contribution is 6.01. The molecule has 0 saturated heterocycles. The summed E-state index contributed by atoms with van der Waals surface area (Å²) in [5, 5.41) is 21.3. The second kappa shape index (κ2) is 4.55. The molecule has 3 heteroatoms. The lowest BCUT2D eigenvalue weighted by atomic mass is 9.47. The van der Waals surface area contributed by atoms with Gasteiger partial charge in [0.1, 0.15) is 0 Å². The van der Waals surface area contributed by atoms with Gasteiger partial charge in [-0.25, -0.2) is 0 Å². The molecule has 0 bridgehead atoms. The summed E-state index contributed by atoms with van der Waals surface area (Å²) in [6.45, 7) is 4.45. The van der Waals surface area contributed by atoms with E-state index in [0.29, 0.717) is 18.3 Å². The van der Waals surface area contributed by atoms with Crippen molar-refractivity contribution in [2.45, 2.75) is 58.2 Å². The molecule has 120 valence electrons. The molecule has 2 N–H and O–H groups in total. The lowest BCUT2D eigenvalue weighted by Crippen LogP contribution is -2.55. The van der Waals surface area contributed by atoms with Crippen LogP contribution in [0.25, 0.3) is 0 Å². The average molecular weight is 302 g/mol. The van der Waals surface area contributed by atoms with E-state index < -0.39 is 0 Å². The first-order valence-electron chi connectivity index (χ1n) is 8.66. The van der Waals surface area contributed by atoms with E-state index in [4.69, 9.17) is 0 Å². The van der Waals surface area contributed by atoms with Gasteiger partial charge >= 0.3 is 0 Å². The Hall–Kier alpha value is -0.930. The van der Waals surface area contributed by atoms with E-state index in [1.165, 1.54) is 0 Å². The molecule has 0 aromatic rings. The molecule has 4 rings (SSSR count). The van der Waals surface area contributed by atoms with Crippen LogP contribution in [-0.2, 0) is 4.79 Å². The molecule has 4 aliphatic carbocycles. The van der Waals surface area contributed by atoms with Crippen LogP contribution in [0.4, 0.5) is 0 Å². The molecule has 0 spiro atoms. The number of hydrogen-bond acceptors (Lipinski definition) is 3. The monoisotopic (exact) mass is 302 g/mol. The first-order chi connectivity index (χ1) is 10.4. The number of ketones is 1. The SMILES string of the molecule is C[C@]12C=CC(=O)C=C1CC(O)[C@@H]1[C@@H]2CC[C@]2(C)C(O)CC[C@@H]12. The van der Waals surface area contributed by atoms with Gasteiger partial charge in [0.05, 0.1) is 12.2 Å².